The van der Waals surface area contributed by atoms with Gasteiger partial charge in [0.05, 0.1) is 10.7 Å². The van der Waals surface area contributed by atoms with Crippen molar-refractivity contribution in [3.63, 3.8) is 0 Å². The van der Waals surface area contributed by atoms with Gasteiger partial charge in [-0.15, -0.1) is 0 Å². The van der Waals surface area contributed by atoms with Crippen molar-refractivity contribution < 1.29 is 9.47 Å². The van der Waals surface area contributed by atoms with Crippen LogP contribution >= 0.6 is 11.6 Å². The highest BCUT2D eigenvalue weighted by Gasteiger charge is 2.44. The Morgan fingerprint density at radius 2 is 1.85 bits per heavy atom. The molecule has 4 rings (SSSR count). The first kappa shape index (κ1) is 11.9. The smallest absolute Gasteiger partial charge is 0.251 e. The van der Waals surface area contributed by atoms with Crippen LogP contribution in [0.5, 0.6) is 11.5 Å². The Kier molecular flexibility index (Phi) is 2.41. The largest absolute Gasteiger partial charge is 0.448 e. The normalized spacial score (nSPS) is 18.9. The van der Waals surface area contributed by atoms with Gasteiger partial charge in [-0.3, -0.25) is 5.10 Å². The number of nitrogens with two attached hydrogens (primary N) is 1. The maximum Gasteiger partial charge on any atom is 0.251 e. The number of rotatable bonds is 1. The number of benzene rings is 1. The third kappa shape index (κ3) is 1.73. The van der Waals surface area contributed by atoms with E-state index in [1.54, 1.807) is 12.1 Å². The van der Waals surface area contributed by atoms with Gasteiger partial charge in [-0.05, 0) is 18.9 Å². The molecular formula is C14H14ClN3O2. The van der Waals surface area contributed by atoms with Gasteiger partial charge in [0, 0.05) is 30.5 Å². The Hall–Kier alpha value is -1.88. The van der Waals surface area contributed by atoms with Crippen LogP contribution in [0.1, 0.15) is 25.7 Å². The van der Waals surface area contributed by atoms with Crippen LogP contribution < -0.4 is 15.2 Å². The molecule has 1 aliphatic carbocycles. The minimum atomic E-state index is -0.475. The monoisotopic (exact) mass is 291 g/mol. The number of hydrogen-bond donors (Lipinski definition) is 2. The van der Waals surface area contributed by atoms with Gasteiger partial charge in [-0.25, -0.2) is 0 Å². The molecule has 1 aliphatic heterocycles. The molecule has 0 radical (unpaired) electrons. The molecule has 1 spiro atoms. The second kappa shape index (κ2) is 4.06. The van der Waals surface area contributed by atoms with E-state index in [-0.39, 0.29) is 0 Å². The van der Waals surface area contributed by atoms with Gasteiger partial charge in [0.15, 0.2) is 11.5 Å². The Morgan fingerprint density at radius 1 is 1.15 bits per heavy atom. The topological polar surface area (TPSA) is 73.2 Å². The van der Waals surface area contributed by atoms with E-state index in [0.717, 1.165) is 42.7 Å². The first-order chi connectivity index (χ1) is 9.65. The SMILES string of the molecule is Nc1cc(-c2cc3c(cc2Cl)OC2(CCCC2)O3)[nH]n1. The Labute approximate surface area is 121 Å². The van der Waals surface area contributed by atoms with Crippen LogP contribution in [-0.4, -0.2) is 16.0 Å². The van der Waals surface area contributed by atoms with Crippen molar-refractivity contribution in [1.29, 1.82) is 0 Å². The molecule has 20 heavy (non-hydrogen) atoms. The summed E-state index contributed by atoms with van der Waals surface area (Å²) in [5.41, 5.74) is 7.21. The van der Waals surface area contributed by atoms with Gasteiger partial charge in [0.2, 0.25) is 0 Å². The highest BCUT2D eigenvalue weighted by atomic mass is 35.5. The van der Waals surface area contributed by atoms with Crippen molar-refractivity contribution in [1.82, 2.24) is 10.2 Å². The standard InChI is InChI=1S/C14H14ClN3O2/c15-9-6-12-11(19-14(20-12)3-1-2-4-14)5-8(9)10-7-13(16)18-17-10/h5-7H,1-4H2,(H3,16,17,18). The molecule has 0 atom stereocenters. The van der Waals surface area contributed by atoms with Gasteiger partial charge < -0.3 is 15.2 Å². The molecule has 1 saturated carbocycles. The number of aromatic amines is 1. The van der Waals surface area contributed by atoms with E-state index >= 15 is 0 Å². The first-order valence-corrected chi connectivity index (χ1v) is 7.06. The van der Waals surface area contributed by atoms with Gasteiger partial charge in [0.1, 0.15) is 5.82 Å². The van der Waals surface area contributed by atoms with E-state index in [2.05, 4.69) is 10.2 Å². The number of ether oxygens (including phenoxy) is 2. The summed E-state index contributed by atoms with van der Waals surface area (Å²) < 4.78 is 12.0. The minimum Gasteiger partial charge on any atom is -0.448 e. The lowest BCUT2D eigenvalue weighted by Gasteiger charge is -2.21. The third-order valence-corrected chi connectivity index (χ3v) is 4.19. The van der Waals surface area contributed by atoms with E-state index < -0.39 is 5.79 Å². The molecule has 0 unspecified atom stereocenters. The number of hydrogen-bond acceptors (Lipinski definition) is 4. The zero-order valence-corrected chi connectivity index (χ0v) is 11.5. The molecule has 0 bridgehead atoms. The summed E-state index contributed by atoms with van der Waals surface area (Å²) in [6, 6.07) is 5.43. The lowest BCUT2D eigenvalue weighted by Crippen LogP contribution is -2.34. The predicted octanol–water partition coefficient (Wildman–Crippen LogP) is 3.35. The van der Waals surface area contributed by atoms with Gasteiger partial charge in [-0.2, -0.15) is 5.10 Å². The quantitative estimate of drug-likeness (QED) is 0.845. The molecule has 0 amide bonds. The summed E-state index contributed by atoms with van der Waals surface area (Å²) in [5, 5.41) is 7.37. The van der Waals surface area contributed by atoms with Gasteiger partial charge >= 0.3 is 0 Å². The van der Waals surface area contributed by atoms with E-state index in [4.69, 9.17) is 26.8 Å². The number of halogens is 1. The predicted molar refractivity (Wildman–Crippen MR) is 75.9 cm³/mol. The summed E-state index contributed by atoms with van der Waals surface area (Å²) in [6.45, 7) is 0. The fraction of sp³-hybridized carbons (Fsp3) is 0.357. The molecule has 1 aromatic heterocycles. The number of nitrogen functional groups attached to an aromatic ring is 1. The van der Waals surface area contributed by atoms with Crippen molar-refractivity contribution in [3.05, 3.63) is 23.2 Å². The average molecular weight is 292 g/mol. The number of aromatic nitrogens is 2. The van der Waals surface area contributed by atoms with Crippen LogP contribution in [-0.2, 0) is 0 Å². The molecule has 0 saturated heterocycles. The van der Waals surface area contributed by atoms with Crippen LogP contribution in [0.3, 0.4) is 0 Å². The second-order valence-corrected chi connectivity index (χ2v) is 5.71. The fourth-order valence-electron chi connectivity index (χ4n) is 2.92. The van der Waals surface area contributed by atoms with E-state index in [9.17, 15) is 0 Å². The number of anilines is 1. The van der Waals surface area contributed by atoms with Crippen LogP contribution in [0, 0.1) is 0 Å². The Morgan fingerprint density at radius 3 is 2.50 bits per heavy atom. The fourth-order valence-corrected chi connectivity index (χ4v) is 3.17. The van der Waals surface area contributed by atoms with Crippen molar-refractivity contribution in [2.45, 2.75) is 31.5 Å². The number of nitrogens with zero attached hydrogens (tertiary/aromatic N) is 1. The highest BCUT2D eigenvalue weighted by Crippen LogP contribution is 2.49. The average Bonchev–Trinajstić information content (AvgIpc) is 3.10. The van der Waals surface area contributed by atoms with Crippen molar-refractivity contribution in [3.8, 4) is 22.8 Å². The maximum atomic E-state index is 6.32. The van der Waals surface area contributed by atoms with Crippen molar-refractivity contribution in [2.24, 2.45) is 0 Å². The molecule has 2 heterocycles. The molecule has 6 heteroatoms. The first-order valence-electron chi connectivity index (χ1n) is 6.68. The number of fused-ring (bicyclic) bond motifs is 1. The second-order valence-electron chi connectivity index (χ2n) is 5.31. The molecule has 2 aliphatic rings. The summed E-state index contributed by atoms with van der Waals surface area (Å²) in [7, 11) is 0. The highest BCUT2D eigenvalue weighted by molar-refractivity contribution is 6.33. The lowest BCUT2D eigenvalue weighted by molar-refractivity contribution is -0.0716. The summed E-state index contributed by atoms with van der Waals surface area (Å²) in [5.74, 6) is 1.41. The Bertz CT molecular complexity index is 677. The minimum absolute atomic E-state index is 0.431. The maximum absolute atomic E-state index is 6.32. The summed E-state index contributed by atoms with van der Waals surface area (Å²) in [6.07, 6.45) is 4.11. The molecule has 5 nitrogen and oxygen atoms in total. The van der Waals surface area contributed by atoms with Gasteiger partial charge in [0.25, 0.3) is 5.79 Å². The van der Waals surface area contributed by atoms with E-state index in [0.29, 0.717) is 16.6 Å². The van der Waals surface area contributed by atoms with Crippen LogP contribution in [0.4, 0.5) is 5.82 Å². The third-order valence-electron chi connectivity index (χ3n) is 3.88. The van der Waals surface area contributed by atoms with E-state index in [1.165, 1.54) is 0 Å². The van der Waals surface area contributed by atoms with Crippen molar-refractivity contribution in [2.75, 3.05) is 5.73 Å². The molecule has 2 aromatic rings. The van der Waals surface area contributed by atoms with Crippen LogP contribution in [0.25, 0.3) is 11.3 Å². The van der Waals surface area contributed by atoms with Crippen LogP contribution in [0.2, 0.25) is 5.02 Å². The van der Waals surface area contributed by atoms with Gasteiger partial charge in [-0.1, -0.05) is 11.6 Å². The van der Waals surface area contributed by atoms with E-state index in [1.807, 2.05) is 6.07 Å². The molecule has 3 N–H and O–H groups in total. The number of H-pyrrole nitrogens is 1. The molecular weight excluding hydrogens is 278 g/mol. The lowest BCUT2D eigenvalue weighted by atomic mass is 10.1. The zero-order chi connectivity index (χ0) is 13.7. The molecule has 104 valence electrons. The molecule has 1 fully saturated rings. The van der Waals surface area contributed by atoms with Crippen molar-refractivity contribution >= 4 is 17.4 Å². The summed E-state index contributed by atoms with van der Waals surface area (Å²) in [4.78, 5) is 0. The van der Waals surface area contributed by atoms with Crippen LogP contribution in [0.15, 0.2) is 18.2 Å². The number of nitrogens with one attached hydrogen (secondary N) is 1. The summed E-state index contributed by atoms with van der Waals surface area (Å²) >= 11 is 6.32. The Balaban J connectivity index is 1.75. The molecule has 1 aromatic carbocycles. The zero-order valence-electron chi connectivity index (χ0n) is 10.8.